The maximum Gasteiger partial charge on any atom is 0.306 e. The summed E-state index contributed by atoms with van der Waals surface area (Å²) in [7, 11) is 0. The largest absolute Gasteiger partial charge is 0.462 e. The van der Waals surface area contributed by atoms with Crippen LogP contribution in [0.1, 0.15) is 324 Å². The lowest BCUT2D eigenvalue weighted by molar-refractivity contribution is -0.167. The Labute approximate surface area is 399 Å². The first-order valence-corrected chi connectivity index (χ1v) is 28.8. The van der Waals surface area contributed by atoms with E-state index in [2.05, 4.69) is 34.6 Å². The number of hydrogen-bond donors (Lipinski definition) is 0. The van der Waals surface area contributed by atoms with Crippen molar-refractivity contribution in [2.45, 2.75) is 330 Å². The fourth-order valence-corrected chi connectivity index (χ4v) is 8.84. The molecule has 0 bridgehead atoms. The summed E-state index contributed by atoms with van der Waals surface area (Å²) < 4.78 is 16.9. The highest BCUT2D eigenvalue weighted by Gasteiger charge is 2.19. The molecule has 0 aliphatic carbocycles. The van der Waals surface area contributed by atoms with E-state index >= 15 is 0 Å². The Bertz CT molecular complexity index is 980. The summed E-state index contributed by atoms with van der Waals surface area (Å²) in [5.41, 5.74) is 0. The lowest BCUT2D eigenvalue weighted by Gasteiger charge is -2.18. The van der Waals surface area contributed by atoms with Crippen LogP contribution in [0.3, 0.4) is 0 Å². The number of rotatable bonds is 52. The monoisotopic (exact) mass is 905 g/mol. The molecule has 6 nitrogen and oxygen atoms in total. The van der Waals surface area contributed by atoms with Crippen LogP contribution in [-0.4, -0.2) is 37.2 Å². The topological polar surface area (TPSA) is 78.9 Å². The lowest BCUT2D eigenvalue weighted by Crippen LogP contribution is -2.30. The van der Waals surface area contributed by atoms with Gasteiger partial charge in [-0.2, -0.15) is 0 Å². The minimum atomic E-state index is -0.762. The summed E-state index contributed by atoms with van der Waals surface area (Å²) in [6, 6.07) is 0. The highest BCUT2D eigenvalue weighted by molar-refractivity contribution is 5.71. The molecule has 0 aliphatic rings. The Kier molecular flexibility index (Phi) is 49.6. The SMILES string of the molecule is CCCCCCCCCCCCC(=O)OC[C@@H](COC(=O)CCCCCCCCCCCCCCCCCC(C)C)OC(=O)CCCCCCCCCCCCCCCCC(C)CC. The van der Waals surface area contributed by atoms with Gasteiger partial charge >= 0.3 is 17.9 Å². The van der Waals surface area contributed by atoms with Crippen LogP contribution in [0.15, 0.2) is 0 Å². The number of carbonyl (C=O) groups excluding carboxylic acids is 3. The molecule has 0 spiro atoms. The zero-order valence-corrected chi connectivity index (χ0v) is 43.9. The third kappa shape index (κ3) is 49.8. The van der Waals surface area contributed by atoms with E-state index in [1.54, 1.807) is 0 Å². The van der Waals surface area contributed by atoms with Gasteiger partial charge in [0.2, 0.25) is 0 Å². The predicted octanol–water partition coefficient (Wildman–Crippen LogP) is 18.9. The molecule has 0 radical (unpaired) electrons. The lowest BCUT2D eigenvalue weighted by atomic mass is 9.99. The fourth-order valence-electron chi connectivity index (χ4n) is 8.84. The molecule has 0 aliphatic heterocycles. The van der Waals surface area contributed by atoms with Gasteiger partial charge in [-0.25, -0.2) is 0 Å². The van der Waals surface area contributed by atoms with Crippen LogP contribution in [-0.2, 0) is 28.6 Å². The van der Waals surface area contributed by atoms with Crippen molar-refractivity contribution in [1.82, 2.24) is 0 Å². The second-order valence-corrected chi connectivity index (χ2v) is 20.6. The van der Waals surface area contributed by atoms with E-state index in [0.717, 1.165) is 69.6 Å². The van der Waals surface area contributed by atoms with Crippen molar-refractivity contribution in [3.05, 3.63) is 0 Å². The fraction of sp³-hybridized carbons (Fsp3) is 0.948. The van der Waals surface area contributed by atoms with E-state index in [9.17, 15) is 14.4 Å². The summed E-state index contributed by atoms with van der Waals surface area (Å²) in [6.45, 7) is 11.4. The summed E-state index contributed by atoms with van der Waals surface area (Å²) in [4.78, 5) is 38.1. The molecule has 0 aromatic heterocycles. The van der Waals surface area contributed by atoms with Gasteiger partial charge in [0.1, 0.15) is 13.2 Å². The Morgan fingerprint density at radius 2 is 0.594 bits per heavy atom. The van der Waals surface area contributed by atoms with Crippen molar-refractivity contribution < 1.29 is 28.6 Å². The maximum absolute atomic E-state index is 12.8. The molecule has 0 saturated carbocycles. The summed E-state index contributed by atoms with van der Waals surface area (Å²) in [5, 5.41) is 0. The molecule has 6 heteroatoms. The van der Waals surface area contributed by atoms with Crippen molar-refractivity contribution in [3.8, 4) is 0 Å². The maximum atomic E-state index is 12.8. The van der Waals surface area contributed by atoms with Gasteiger partial charge in [0.15, 0.2) is 6.10 Å². The Morgan fingerprint density at radius 1 is 0.328 bits per heavy atom. The molecule has 1 unspecified atom stereocenters. The minimum absolute atomic E-state index is 0.0627. The normalized spacial score (nSPS) is 12.5. The van der Waals surface area contributed by atoms with Crippen LogP contribution in [0.5, 0.6) is 0 Å². The molecule has 0 N–H and O–H groups in total. The van der Waals surface area contributed by atoms with Crippen molar-refractivity contribution in [2.24, 2.45) is 11.8 Å². The number of hydrogen-bond acceptors (Lipinski definition) is 6. The van der Waals surface area contributed by atoms with E-state index < -0.39 is 6.10 Å². The average molecular weight is 906 g/mol. The van der Waals surface area contributed by atoms with Gasteiger partial charge in [0.05, 0.1) is 0 Å². The molecule has 0 amide bonds. The first-order chi connectivity index (χ1) is 31.3. The van der Waals surface area contributed by atoms with E-state index in [1.165, 1.54) is 212 Å². The van der Waals surface area contributed by atoms with Crippen molar-refractivity contribution in [3.63, 3.8) is 0 Å². The predicted molar refractivity (Wildman–Crippen MR) is 275 cm³/mol. The molecule has 0 aromatic carbocycles. The molecule has 0 heterocycles. The second kappa shape index (κ2) is 50.8. The summed E-state index contributed by atoms with van der Waals surface area (Å²) in [6.07, 6.45) is 53.7. The smallest absolute Gasteiger partial charge is 0.306 e. The average Bonchev–Trinajstić information content (AvgIpc) is 3.28. The highest BCUT2D eigenvalue weighted by atomic mass is 16.6. The van der Waals surface area contributed by atoms with Crippen molar-refractivity contribution in [2.75, 3.05) is 13.2 Å². The third-order valence-corrected chi connectivity index (χ3v) is 13.6. The number of esters is 3. The summed E-state index contributed by atoms with van der Waals surface area (Å²) >= 11 is 0. The van der Waals surface area contributed by atoms with Gasteiger partial charge in [-0.3, -0.25) is 14.4 Å². The molecule has 0 aromatic rings. The van der Waals surface area contributed by atoms with Gasteiger partial charge in [0, 0.05) is 19.3 Å². The van der Waals surface area contributed by atoms with Crippen molar-refractivity contribution >= 4 is 17.9 Å². The van der Waals surface area contributed by atoms with E-state index in [0.29, 0.717) is 19.3 Å². The van der Waals surface area contributed by atoms with Gasteiger partial charge < -0.3 is 14.2 Å². The standard InChI is InChI=1S/C58H112O6/c1-6-8-9-10-11-12-28-33-38-43-48-56(59)62-51-55(64-58(61)50-45-40-35-30-25-21-17-16-19-23-27-32-37-42-47-54(5)7-2)52-63-57(60)49-44-39-34-29-24-20-15-13-14-18-22-26-31-36-41-46-53(3)4/h53-55H,6-52H2,1-5H3/t54?,55-/m0/s1. The van der Waals surface area contributed by atoms with Gasteiger partial charge in [0.25, 0.3) is 0 Å². The van der Waals surface area contributed by atoms with Crippen LogP contribution >= 0.6 is 0 Å². The zero-order valence-electron chi connectivity index (χ0n) is 43.9. The van der Waals surface area contributed by atoms with Crippen LogP contribution in [0.25, 0.3) is 0 Å². The molecule has 0 rings (SSSR count). The van der Waals surface area contributed by atoms with Crippen LogP contribution in [0.4, 0.5) is 0 Å². The minimum Gasteiger partial charge on any atom is -0.462 e. The van der Waals surface area contributed by atoms with E-state index in [4.69, 9.17) is 14.2 Å². The van der Waals surface area contributed by atoms with Gasteiger partial charge in [-0.05, 0) is 31.1 Å². The molecule has 0 fully saturated rings. The summed E-state index contributed by atoms with van der Waals surface area (Å²) in [5.74, 6) is 0.903. The first-order valence-electron chi connectivity index (χ1n) is 28.8. The Morgan fingerprint density at radius 3 is 0.891 bits per heavy atom. The highest BCUT2D eigenvalue weighted by Crippen LogP contribution is 2.19. The first kappa shape index (κ1) is 62.4. The van der Waals surface area contributed by atoms with Gasteiger partial charge in [-0.1, -0.05) is 285 Å². The van der Waals surface area contributed by atoms with Crippen LogP contribution < -0.4 is 0 Å². The van der Waals surface area contributed by atoms with Crippen molar-refractivity contribution in [1.29, 1.82) is 0 Å². The molecule has 2 atom stereocenters. The van der Waals surface area contributed by atoms with E-state index in [1.807, 2.05) is 0 Å². The van der Waals surface area contributed by atoms with Gasteiger partial charge in [-0.15, -0.1) is 0 Å². The molecule has 380 valence electrons. The third-order valence-electron chi connectivity index (χ3n) is 13.6. The molecular formula is C58H112O6. The Balaban J connectivity index is 4.24. The van der Waals surface area contributed by atoms with Crippen LogP contribution in [0.2, 0.25) is 0 Å². The number of ether oxygens (including phenoxy) is 3. The number of carbonyl (C=O) groups is 3. The molecule has 0 saturated heterocycles. The second-order valence-electron chi connectivity index (χ2n) is 20.6. The molecule has 64 heavy (non-hydrogen) atoms. The zero-order chi connectivity index (χ0) is 46.8. The molecular weight excluding hydrogens is 793 g/mol. The van der Waals surface area contributed by atoms with E-state index in [-0.39, 0.29) is 31.1 Å². The Hall–Kier alpha value is -1.59. The quantitative estimate of drug-likeness (QED) is 0.0344. The van der Waals surface area contributed by atoms with Crippen LogP contribution in [0, 0.1) is 11.8 Å². The number of unbranched alkanes of at least 4 members (excludes halogenated alkanes) is 36.